The molecule has 0 bridgehead atoms. The van der Waals surface area contributed by atoms with Gasteiger partial charge in [-0.3, -0.25) is 9.67 Å². The number of morpholine rings is 1. The van der Waals surface area contributed by atoms with Crippen LogP contribution in [0.4, 0.5) is 0 Å². The van der Waals surface area contributed by atoms with Gasteiger partial charge >= 0.3 is 0 Å². The number of aryl methyl sites for hydroxylation is 1. The third kappa shape index (κ3) is 4.89. The molecule has 30 heavy (non-hydrogen) atoms. The van der Waals surface area contributed by atoms with E-state index in [1.165, 1.54) is 22.3 Å². The number of hydrogen-bond acceptors (Lipinski definition) is 3. The highest BCUT2D eigenvalue weighted by Gasteiger charge is 2.25. The summed E-state index contributed by atoms with van der Waals surface area (Å²) in [5.74, 6) is 0.911. The smallest absolute Gasteiger partial charge is 0.194 e. The Hall–Kier alpha value is -3.12. The number of benzene rings is 2. The van der Waals surface area contributed by atoms with Crippen LogP contribution in [0.25, 0.3) is 0 Å². The molecule has 3 aromatic rings. The van der Waals surface area contributed by atoms with Crippen molar-refractivity contribution >= 4 is 5.96 Å². The van der Waals surface area contributed by atoms with Crippen LogP contribution in [-0.4, -0.2) is 47.4 Å². The second-order valence-corrected chi connectivity index (χ2v) is 7.59. The molecule has 0 radical (unpaired) electrons. The van der Waals surface area contributed by atoms with Gasteiger partial charge in [-0.25, -0.2) is 0 Å². The van der Waals surface area contributed by atoms with E-state index in [1.54, 1.807) is 0 Å². The number of aliphatic imine (C=N–C) groups is 1. The molecule has 6 heteroatoms. The summed E-state index contributed by atoms with van der Waals surface area (Å²) in [4.78, 5) is 6.81. The Bertz CT molecular complexity index is 983. The van der Waals surface area contributed by atoms with Crippen LogP contribution in [0.2, 0.25) is 0 Å². The highest BCUT2D eigenvalue weighted by molar-refractivity contribution is 5.80. The molecule has 0 saturated carbocycles. The van der Waals surface area contributed by atoms with E-state index < -0.39 is 0 Å². The van der Waals surface area contributed by atoms with Gasteiger partial charge in [0.05, 0.1) is 19.7 Å². The molecule has 1 unspecified atom stereocenters. The number of rotatable bonds is 5. The minimum Gasteiger partial charge on any atom is -0.370 e. The predicted molar refractivity (Wildman–Crippen MR) is 119 cm³/mol. The summed E-state index contributed by atoms with van der Waals surface area (Å²) >= 11 is 0. The van der Waals surface area contributed by atoms with Crippen molar-refractivity contribution in [2.45, 2.75) is 26.1 Å². The normalized spacial score (nSPS) is 17.2. The maximum absolute atomic E-state index is 6.07. The standard InChI is InChI=1S/C24H29N5O/c1-19-7-3-4-10-22(19)23-18-28(13-14-30-23)24(25-2)26-16-20-8-5-9-21(15-20)17-29-12-6-11-27-29/h3-12,15,23H,13-14,16-18H2,1-2H3,(H,25,26). The lowest BCUT2D eigenvalue weighted by atomic mass is 10.0. The summed E-state index contributed by atoms with van der Waals surface area (Å²) in [5.41, 5.74) is 4.98. The van der Waals surface area contributed by atoms with Gasteiger partial charge in [0, 0.05) is 32.5 Å². The van der Waals surface area contributed by atoms with E-state index in [2.05, 4.69) is 75.8 Å². The van der Waals surface area contributed by atoms with E-state index in [1.807, 2.05) is 30.2 Å². The second kappa shape index (κ2) is 9.59. The van der Waals surface area contributed by atoms with E-state index >= 15 is 0 Å². The summed E-state index contributed by atoms with van der Waals surface area (Å²) in [6.45, 7) is 5.97. The van der Waals surface area contributed by atoms with Crippen molar-refractivity contribution in [3.63, 3.8) is 0 Å². The van der Waals surface area contributed by atoms with Gasteiger partial charge in [0.15, 0.2) is 5.96 Å². The molecule has 0 spiro atoms. The van der Waals surface area contributed by atoms with Crippen LogP contribution in [-0.2, 0) is 17.8 Å². The van der Waals surface area contributed by atoms with E-state index in [-0.39, 0.29) is 6.10 Å². The number of guanidine groups is 1. The Morgan fingerprint density at radius 2 is 2.03 bits per heavy atom. The lowest BCUT2D eigenvalue weighted by Gasteiger charge is -2.35. The van der Waals surface area contributed by atoms with Crippen LogP contribution in [0.15, 0.2) is 72.0 Å². The van der Waals surface area contributed by atoms with Gasteiger partial charge in [-0.15, -0.1) is 0 Å². The number of nitrogens with one attached hydrogen (secondary N) is 1. The third-order valence-corrected chi connectivity index (χ3v) is 5.46. The van der Waals surface area contributed by atoms with Gasteiger partial charge in [-0.1, -0.05) is 48.5 Å². The zero-order valence-electron chi connectivity index (χ0n) is 17.7. The van der Waals surface area contributed by atoms with Crippen LogP contribution >= 0.6 is 0 Å². The van der Waals surface area contributed by atoms with Crippen molar-refractivity contribution in [2.24, 2.45) is 4.99 Å². The number of nitrogens with zero attached hydrogens (tertiary/aromatic N) is 4. The number of aromatic nitrogens is 2. The summed E-state index contributed by atoms with van der Waals surface area (Å²) in [6, 6.07) is 19.0. The first-order chi connectivity index (χ1) is 14.7. The Labute approximate surface area is 178 Å². The first-order valence-electron chi connectivity index (χ1n) is 10.4. The molecule has 0 amide bonds. The second-order valence-electron chi connectivity index (χ2n) is 7.59. The van der Waals surface area contributed by atoms with Crippen molar-refractivity contribution in [1.82, 2.24) is 20.0 Å². The van der Waals surface area contributed by atoms with E-state index in [0.29, 0.717) is 6.61 Å². The molecule has 1 saturated heterocycles. The Morgan fingerprint density at radius 1 is 1.17 bits per heavy atom. The zero-order chi connectivity index (χ0) is 20.8. The first kappa shape index (κ1) is 20.2. The SMILES string of the molecule is CN=C(NCc1cccc(Cn2cccn2)c1)N1CCOC(c2ccccc2C)C1. The zero-order valence-corrected chi connectivity index (χ0v) is 17.7. The lowest BCUT2D eigenvalue weighted by molar-refractivity contribution is -0.00833. The van der Waals surface area contributed by atoms with Crippen molar-refractivity contribution < 1.29 is 4.74 Å². The molecular weight excluding hydrogens is 374 g/mol. The van der Waals surface area contributed by atoms with Crippen LogP contribution in [0, 0.1) is 6.92 Å². The van der Waals surface area contributed by atoms with Gasteiger partial charge in [0.2, 0.25) is 0 Å². The third-order valence-electron chi connectivity index (χ3n) is 5.46. The minimum atomic E-state index is 0.0656. The fourth-order valence-electron chi connectivity index (χ4n) is 3.91. The van der Waals surface area contributed by atoms with E-state index in [4.69, 9.17) is 4.74 Å². The molecule has 1 atom stereocenters. The summed E-state index contributed by atoms with van der Waals surface area (Å²) < 4.78 is 8.00. The molecule has 4 rings (SSSR count). The molecule has 1 N–H and O–H groups in total. The molecule has 1 fully saturated rings. The maximum atomic E-state index is 6.07. The number of hydrogen-bond donors (Lipinski definition) is 1. The van der Waals surface area contributed by atoms with Gasteiger partial charge in [-0.2, -0.15) is 5.10 Å². The average Bonchev–Trinajstić information content (AvgIpc) is 3.28. The molecule has 2 aromatic carbocycles. The number of ether oxygens (including phenoxy) is 1. The molecule has 1 aliphatic heterocycles. The van der Waals surface area contributed by atoms with E-state index in [9.17, 15) is 0 Å². The van der Waals surface area contributed by atoms with Crippen LogP contribution in [0.5, 0.6) is 0 Å². The predicted octanol–water partition coefficient (Wildman–Crippen LogP) is 3.39. The van der Waals surface area contributed by atoms with E-state index in [0.717, 1.165) is 32.1 Å². The molecule has 1 aliphatic rings. The average molecular weight is 404 g/mol. The fraction of sp³-hybridized carbons (Fsp3) is 0.333. The van der Waals surface area contributed by atoms with Crippen LogP contribution in [0.3, 0.4) is 0 Å². The largest absolute Gasteiger partial charge is 0.370 e. The fourth-order valence-corrected chi connectivity index (χ4v) is 3.91. The van der Waals surface area contributed by atoms with Crippen LogP contribution < -0.4 is 5.32 Å². The van der Waals surface area contributed by atoms with Crippen LogP contribution in [0.1, 0.15) is 28.4 Å². The van der Waals surface area contributed by atoms with Crippen molar-refractivity contribution in [2.75, 3.05) is 26.7 Å². The Kier molecular flexibility index (Phi) is 6.44. The van der Waals surface area contributed by atoms with Gasteiger partial charge in [0.1, 0.15) is 6.10 Å². The summed E-state index contributed by atoms with van der Waals surface area (Å²) in [7, 11) is 1.84. The molecule has 0 aliphatic carbocycles. The van der Waals surface area contributed by atoms with Crippen molar-refractivity contribution in [3.05, 3.63) is 89.2 Å². The Balaban J connectivity index is 1.38. The summed E-state index contributed by atoms with van der Waals surface area (Å²) in [5, 5.41) is 7.82. The highest BCUT2D eigenvalue weighted by Crippen LogP contribution is 2.25. The molecule has 2 heterocycles. The van der Waals surface area contributed by atoms with Crippen molar-refractivity contribution in [1.29, 1.82) is 0 Å². The molecular formula is C24H29N5O. The quantitative estimate of drug-likeness (QED) is 0.524. The monoisotopic (exact) mass is 403 g/mol. The molecule has 156 valence electrons. The highest BCUT2D eigenvalue weighted by atomic mass is 16.5. The lowest BCUT2D eigenvalue weighted by Crippen LogP contribution is -2.48. The topological polar surface area (TPSA) is 54.7 Å². The molecule has 6 nitrogen and oxygen atoms in total. The summed E-state index contributed by atoms with van der Waals surface area (Å²) in [6.07, 6.45) is 3.86. The minimum absolute atomic E-state index is 0.0656. The first-order valence-corrected chi connectivity index (χ1v) is 10.4. The molecule has 1 aromatic heterocycles. The maximum Gasteiger partial charge on any atom is 0.194 e. The van der Waals surface area contributed by atoms with Gasteiger partial charge in [-0.05, 0) is 35.2 Å². The van der Waals surface area contributed by atoms with Gasteiger partial charge in [0.25, 0.3) is 0 Å². The van der Waals surface area contributed by atoms with Crippen molar-refractivity contribution in [3.8, 4) is 0 Å². The Morgan fingerprint density at radius 3 is 2.83 bits per heavy atom. The van der Waals surface area contributed by atoms with Gasteiger partial charge < -0.3 is 15.0 Å².